The number of hydrogen-bond acceptors (Lipinski definition) is 2. The molecule has 2 rings (SSSR count). The number of rotatable bonds is 5. The highest BCUT2D eigenvalue weighted by Crippen LogP contribution is 2.19. The number of nitrogens with one attached hydrogen (secondary N) is 2. The molecule has 2 N–H and O–H groups in total. The average molecular weight is 347 g/mol. The normalized spacial score (nSPS) is 10.2. The van der Waals surface area contributed by atoms with E-state index in [4.69, 9.17) is 0 Å². The van der Waals surface area contributed by atoms with E-state index >= 15 is 0 Å². The molecule has 0 fully saturated rings. The minimum atomic E-state index is -0.0150. The van der Waals surface area contributed by atoms with E-state index in [2.05, 4.69) is 26.6 Å². The fourth-order valence-electron chi connectivity index (χ4n) is 2.00. The summed E-state index contributed by atoms with van der Waals surface area (Å²) in [6.45, 7) is 4.90. The first kappa shape index (κ1) is 15.6. The monoisotopic (exact) mass is 346 g/mol. The van der Waals surface area contributed by atoms with Crippen LogP contribution in [0.15, 0.2) is 46.9 Å². The van der Waals surface area contributed by atoms with Crippen molar-refractivity contribution in [1.29, 1.82) is 0 Å². The van der Waals surface area contributed by atoms with E-state index in [0.717, 1.165) is 21.3 Å². The van der Waals surface area contributed by atoms with Gasteiger partial charge >= 0.3 is 0 Å². The lowest BCUT2D eigenvalue weighted by atomic mass is 10.1. The van der Waals surface area contributed by atoms with Gasteiger partial charge in [-0.3, -0.25) is 4.79 Å². The van der Waals surface area contributed by atoms with Gasteiger partial charge in [-0.05, 0) is 48.7 Å². The van der Waals surface area contributed by atoms with Gasteiger partial charge in [0, 0.05) is 16.7 Å². The standard InChI is InChI=1S/C17H19BrN2O/c1-12-5-3-4-6-14(12)10-20-17(21)11-19-15-7-8-16(18)13(2)9-15/h3-9,19H,10-11H2,1-2H3,(H,20,21). The summed E-state index contributed by atoms with van der Waals surface area (Å²) in [6.07, 6.45) is 0. The van der Waals surface area contributed by atoms with Crippen LogP contribution in [-0.2, 0) is 11.3 Å². The highest BCUT2D eigenvalue weighted by molar-refractivity contribution is 9.10. The Labute approximate surface area is 133 Å². The lowest BCUT2D eigenvalue weighted by Gasteiger charge is -2.10. The Morgan fingerprint density at radius 2 is 1.86 bits per heavy atom. The summed E-state index contributed by atoms with van der Waals surface area (Å²) >= 11 is 3.46. The molecule has 0 saturated carbocycles. The van der Waals surface area contributed by atoms with Crippen molar-refractivity contribution in [3.63, 3.8) is 0 Å². The minimum absolute atomic E-state index is 0.0150. The molecule has 0 unspecified atom stereocenters. The molecule has 0 heterocycles. The van der Waals surface area contributed by atoms with Crippen LogP contribution in [0.25, 0.3) is 0 Å². The van der Waals surface area contributed by atoms with Gasteiger partial charge in [-0.15, -0.1) is 0 Å². The summed E-state index contributed by atoms with van der Waals surface area (Å²) in [4.78, 5) is 11.9. The van der Waals surface area contributed by atoms with Gasteiger partial charge in [0.1, 0.15) is 0 Å². The fraction of sp³-hybridized carbons (Fsp3) is 0.235. The van der Waals surface area contributed by atoms with Crippen LogP contribution in [0.4, 0.5) is 5.69 Å². The second-order valence-electron chi connectivity index (χ2n) is 5.02. The number of carbonyl (C=O) groups excluding carboxylic acids is 1. The number of halogens is 1. The predicted molar refractivity (Wildman–Crippen MR) is 90.4 cm³/mol. The second kappa shape index (κ2) is 7.27. The first-order valence-electron chi connectivity index (χ1n) is 6.87. The number of anilines is 1. The largest absolute Gasteiger partial charge is 0.376 e. The van der Waals surface area contributed by atoms with E-state index in [0.29, 0.717) is 6.54 Å². The van der Waals surface area contributed by atoms with Crippen molar-refractivity contribution in [2.75, 3.05) is 11.9 Å². The van der Waals surface area contributed by atoms with Gasteiger partial charge in [0.05, 0.1) is 6.54 Å². The zero-order valence-corrected chi connectivity index (χ0v) is 13.8. The maximum absolute atomic E-state index is 11.9. The molecule has 4 heteroatoms. The van der Waals surface area contributed by atoms with Crippen molar-refractivity contribution in [2.45, 2.75) is 20.4 Å². The summed E-state index contributed by atoms with van der Waals surface area (Å²) in [5.41, 5.74) is 4.42. The quantitative estimate of drug-likeness (QED) is 0.864. The Morgan fingerprint density at radius 3 is 2.57 bits per heavy atom. The molecule has 0 spiro atoms. The molecule has 2 aromatic rings. The van der Waals surface area contributed by atoms with E-state index in [1.165, 1.54) is 5.56 Å². The van der Waals surface area contributed by atoms with E-state index in [1.807, 2.05) is 56.3 Å². The van der Waals surface area contributed by atoms with Crippen LogP contribution in [0, 0.1) is 13.8 Å². The molecule has 0 aliphatic rings. The highest BCUT2D eigenvalue weighted by atomic mass is 79.9. The van der Waals surface area contributed by atoms with Crippen molar-refractivity contribution in [2.24, 2.45) is 0 Å². The molecule has 0 aliphatic carbocycles. The highest BCUT2D eigenvalue weighted by Gasteiger charge is 2.03. The van der Waals surface area contributed by atoms with E-state index < -0.39 is 0 Å². The van der Waals surface area contributed by atoms with Crippen LogP contribution in [0.2, 0.25) is 0 Å². The summed E-state index contributed by atoms with van der Waals surface area (Å²) in [6, 6.07) is 14.0. The molecule has 0 saturated heterocycles. The Morgan fingerprint density at radius 1 is 1.10 bits per heavy atom. The van der Waals surface area contributed by atoms with Gasteiger partial charge in [-0.1, -0.05) is 40.2 Å². The van der Waals surface area contributed by atoms with Gasteiger partial charge in [-0.25, -0.2) is 0 Å². The molecule has 21 heavy (non-hydrogen) atoms. The molecule has 0 bridgehead atoms. The number of aryl methyl sites for hydroxylation is 2. The predicted octanol–water partition coefficient (Wildman–Crippen LogP) is 3.79. The lowest BCUT2D eigenvalue weighted by molar-refractivity contribution is -0.119. The van der Waals surface area contributed by atoms with Gasteiger partial charge in [0.15, 0.2) is 0 Å². The van der Waals surface area contributed by atoms with Crippen LogP contribution < -0.4 is 10.6 Å². The topological polar surface area (TPSA) is 41.1 Å². The summed E-state index contributed by atoms with van der Waals surface area (Å²) in [5, 5.41) is 6.06. The Kier molecular flexibility index (Phi) is 5.39. The summed E-state index contributed by atoms with van der Waals surface area (Å²) in [5.74, 6) is -0.0150. The zero-order valence-electron chi connectivity index (χ0n) is 12.2. The number of carbonyl (C=O) groups is 1. The van der Waals surface area contributed by atoms with Gasteiger partial charge < -0.3 is 10.6 Å². The maximum atomic E-state index is 11.9. The van der Waals surface area contributed by atoms with Crippen molar-refractivity contribution in [1.82, 2.24) is 5.32 Å². The summed E-state index contributed by atoms with van der Waals surface area (Å²) < 4.78 is 1.07. The Bertz CT molecular complexity index is 640. The van der Waals surface area contributed by atoms with Gasteiger partial charge in [-0.2, -0.15) is 0 Å². The Hall–Kier alpha value is -1.81. The number of hydrogen-bond donors (Lipinski definition) is 2. The minimum Gasteiger partial charge on any atom is -0.376 e. The first-order valence-corrected chi connectivity index (χ1v) is 7.67. The molecule has 110 valence electrons. The molecule has 3 nitrogen and oxygen atoms in total. The molecule has 1 amide bonds. The molecular formula is C17H19BrN2O. The fourth-order valence-corrected chi connectivity index (χ4v) is 2.25. The SMILES string of the molecule is Cc1cc(NCC(=O)NCc2ccccc2C)ccc1Br. The summed E-state index contributed by atoms with van der Waals surface area (Å²) in [7, 11) is 0. The molecular weight excluding hydrogens is 328 g/mol. The third-order valence-corrected chi connectivity index (χ3v) is 4.24. The third-order valence-electron chi connectivity index (χ3n) is 3.35. The van der Waals surface area contributed by atoms with Gasteiger partial charge in [0.25, 0.3) is 0 Å². The molecule has 0 aliphatic heterocycles. The lowest BCUT2D eigenvalue weighted by Crippen LogP contribution is -2.29. The van der Waals surface area contributed by atoms with Crippen molar-refractivity contribution >= 4 is 27.5 Å². The third kappa shape index (κ3) is 4.60. The zero-order chi connectivity index (χ0) is 15.2. The van der Waals surface area contributed by atoms with Crippen LogP contribution in [0.3, 0.4) is 0 Å². The van der Waals surface area contributed by atoms with E-state index in [-0.39, 0.29) is 12.5 Å². The van der Waals surface area contributed by atoms with Crippen molar-refractivity contribution in [3.05, 3.63) is 63.6 Å². The first-order chi connectivity index (χ1) is 10.1. The van der Waals surface area contributed by atoms with Crippen LogP contribution in [-0.4, -0.2) is 12.5 Å². The van der Waals surface area contributed by atoms with Crippen LogP contribution >= 0.6 is 15.9 Å². The molecule has 0 aromatic heterocycles. The smallest absolute Gasteiger partial charge is 0.239 e. The Balaban J connectivity index is 1.82. The number of amides is 1. The van der Waals surface area contributed by atoms with Crippen LogP contribution in [0.5, 0.6) is 0 Å². The number of benzene rings is 2. The van der Waals surface area contributed by atoms with Crippen molar-refractivity contribution in [3.8, 4) is 0 Å². The second-order valence-corrected chi connectivity index (χ2v) is 5.88. The average Bonchev–Trinajstić information content (AvgIpc) is 2.47. The molecule has 0 radical (unpaired) electrons. The van der Waals surface area contributed by atoms with Crippen LogP contribution in [0.1, 0.15) is 16.7 Å². The van der Waals surface area contributed by atoms with Crippen molar-refractivity contribution < 1.29 is 4.79 Å². The van der Waals surface area contributed by atoms with Gasteiger partial charge in [0.2, 0.25) is 5.91 Å². The molecule has 0 atom stereocenters. The maximum Gasteiger partial charge on any atom is 0.239 e. The molecule has 2 aromatic carbocycles. The van der Waals surface area contributed by atoms with E-state index in [1.54, 1.807) is 0 Å². The van der Waals surface area contributed by atoms with E-state index in [9.17, 15) is 4.79 Å².